The standard InChI is InChI=1S/C19H18N2O5/c1-19(2)17(22)16(14-8-7-12(21(24)25)9-15(14)26-19)20-10-11-5-3-4-6-13(11)18(20)23/h3-9,16-17,22H,10H2,1-2H3. The van der Waals surface area contributed by atoms with Crippen LogP contribution in [0.1, 0.15) is 41.4 Å². The summed E-state index contributed by atoms with van der Waals surface area (Å²) in [7, 11) is 0. The van der Waals surface area contributed by atoms with Gasteiger partial charge >= 0.3 is 0 Å². The molecular weight excluding hydrogens is 336 g/mol. The van der Waals surface area contributed by atoms with Gasteiger partial charge in [0, 0.05) is 23.7 Å². The molecule has 0 aliphatic carbocycles. The zero-order chi connectivity index (χ0) is 18.6. The Hall–Kier alpha value is -2.93. The lowest BCUT2D eigenvalue weighted by molar-refractivity contribution is -0.385. The van der Waals surface area contributed by atoms with E-state index in [4.69, 9.17) is 4.74 Å². The number of amides is 1. The molecule has 0 spiro atoms. The monoisotopic (exact) mass is 354 g/mol. The van der Waals surface area contributed by atoms with E-state index in [0.29, 0.717) is 23.4 Å². The number of non-ortho nitro benzene ring substituents is 1. The summed E-state index contributed by atoms with van der Waals surface area (Å²) < 4.78 is 5.83. The Labute approximate surface area is 150 Å². The van der Waals surface area contributed by atoms with Crippen molar-refractivity contribution in [3.63, 3.8) is 0 Å². The number of aliphatic hydroxyl groups excluding tert-OH is 1. The summed E-state index contributed by atoms with van der Waals surface area (Å²) in [5, 5.41) is 22.0. The lowest BCUT2D eigenvalue weighted by Crippen LogP contribution is -2.53. The number of carbonyl (C=O) groups is 1. The van der Waals surface area contributed by atoms with Crippen LogP contribution in [-0.4, -0.2) is 32.5 Å². The number of hydrogen-bond donors (Lipinski definition) is 1. The molecule has 26 heavy (non-hydrogen) atoms. The number of carbonyl (C=O) groups excluding carboxylic acids is 1. The van der Waals surface area contributed by atoms with E-state index in [-0.39, 0.29) is 11.6 Å². The highest BCUT2D eigenvalue weighted by Gasteiger charge is 2.48. The minimum Gasteiger partial charge on any atom is -0.484 e. The summed E-state index contributed by atoms with van der Waals surface area (Å²) >= 11 is 0. The first-order chi connectivity index (χ1) is 12.3. The first-order valence-electron chi connectivity index (χ1n) is 8.34. The van der Waals surface area contributed by atoms with Crippen LogP contribution in [-0.2, 0) is 6.54 Å². The van der Waals surface area contributed by atoms with Crippen LogP contribution in [0.15, 0.2) is 42.5 Å². The van der Waals surface area contributed by atoms with Gasteiger partial charge < -0.3 is 14.7 Å². The molecule has 0 saturated carbocycles. The van der Waals surface area contributed by atoms with Crippen molar-refractivity contribution < 1.29 is 19.6 Å². The largest absolute Gasteiger partial charge is 0.484 e. The fourth-order valence-corrected chi connectivity index (χ4v) is 3.70. The van der Waals surface area contributed by atoms with Crippen molar-refractivity contribution in [3.05, 3.63) is 69.3 Å². The number of fused-ring (bicyclic) bond motifs is 2. The molecule has 0 saturated heterocycles. The maximum absolute atomic E-state index is 12.9. The summed E-state index contributed by atoms with van der Waals surface area (Å²) in [5.74, 6) is 0.162. The van der Waals surface area contributed by atoms with Gasteiger partial charge in [-0.05, 0) is 31.5 Å². The van der Waals surface area contributed by atoms with Crippen LogP contribution in [0, 0.1) is 10.1 Å². The number of nitrogens with zero attached hydrogens (tertiary/aromatic N) is 2. The Morgan fingerprint density at radius 2 is 2.00 bits per heavy atom. The molecule has 1 amide bonds. The Balaban J connectivity index is 1.82. The number of aliphatic hydroxyl groups is 1. The summed E-state index contributed by atoms with van der Waals surface area (Å²) in [6.45, 7) is 3.80. The van der Waals surface area contributed by atoms with Gasteiger partial charge in [-0.2, -0.15) is 0 Å². The molecular formula is C19H18N2O5. The van der Waals surface area contributed by atoms with E-state index in [1.54, 1.807) is 30.9 Å². The second-order valence-electron chi connectivity index (χ2n) is 7.16. The molecule has 0 radical (unpaired) electrons. The van der Waals surface area contributed by atoms with E-state index in [1.165, 1.54) is 12.1 Å². The molecule has 2 unspecified atom stereocenters. The molecule has 2 heterocycles. The van der Waals surface area contributed by atoms with Crippen LogP contribution in [0.5, 0.6) is 5.75 Å². The summed E-state index contributed by atoms with van der Waals surface area (Å²) in [4.78, 5) is 25.1. The van der Waals surface area contributed by atoms with Gasteiger partial charge in [-0.3, -0.25) is 14.9 Å². The van der Waals surface area contributed by atoms with Gasteiger partial charge in [0.15, 0.2) is 0 Å². The van der Waals surface area contributed by atoms with Crippen LogP contribution < -0.4 is 4.74 Å². The van der Waals surface area contributed by atoms with E-state index in [9.17, 15) is 20.0 Å². The molecule has 0 aromatic heterocycles. The highest BCUT2D eigenvalue weighted by molar-refractivity contribution is 5.98. The number of nitro groups is 1. The smallest absolute Gasteiger partial charge is 0.273 e. The Morgan fingerprint density at radius 3 is 2.69 bits per heavy atom. The maximum Gasteiger partial charge on any atom is 0.273 e. The van der Waals surface area contributed by atoms with Crippen LogP contribution in [0.4, 0.5) is 5.69 Å². The van der Waals surface area contributed by atoms with Crippen LogP contribution in [0.2, 0.25) is 0 Å². The van der Waals surface area contributed by atoms with Gasteiger partial charge in [-0.1, -0.05) is 18.2 Å². The van der Waals surface area contributed by atoms with Crippen LogP contribution >= 0.6 is 0 Å². The first kappa shape index (κ1) is 16.5. The second-order valence-corrected chi connectivity index (χ2v) is 7.16. The molecule has 0 bridgehead atoms. The molecule has 7 heteroatoms. The zero-order valence-electron chi connectivity index (χ0n) is 14.4. The third-order valence-electron chi connectivity index (χ3n) is 5.10. The van der Waals surface area contributed by atoms with E-state index in [0.717, 1.165) is 5.56 Å². The molecule has 2 aliphatic heterocycles. The van der Waals surface area contributed by atoms with Crippen LogP contribution in [0.3, 0.4) is 0 Å². The molecule has 7 nitrogen and oxygen atoms in total. The lowest BCUT2D eigenvalue weighted by Gasteiger charge is -2.45. The Bertz CT molecular complexity index is 924. The Morgan fingerprint density at radius 1 is 1.27 bits per heavy atom. The Kier molecular flexibility index (Phi) is 3.52. The van der Waals surface area contributed by atoms with E-state index < -0.39 is 22.7 Å². The van der Waals surface area contributed by atoms with Crippen molar-refractivity contribution in [1.29, 1.82) is 0 Å². The van der Waals surface area contributed by atoms with Gasteiger partial charge in [0.05, 0.1) is 17.0 Å². The molecule has 4 rings (SSSR count). The van der Waals surface area contributed by atoms with Gasteiger partial charge in [0.1, 0.15) is 17.5 Å². The molecule has 2 aliphatic rings. The predicted octanol–water partition coefficient (Wildman–Crippen LogP) is 2.82. The summed E-state index contributed by atoms with van der Waals surface area (Å²) in [6, 6.07) is 11.0. The van der Waals surface area contributed by atoms with Crippen molar-refractivity contribution in [1.82, 2.24) is 4.90 Å². The van der Waals surface area contributed by atoms with Crippen molar-refractivity contribution in [2.45, 2.75) is 38.1 Å². The van der Waals surface area contributed by atoms with E-state index >= 15 is 0 Å². The van der Waals surface area contributed by atoms with Gasteiger partial charge in [0.2, 0.25) is 0 Å². The third kappa shape index (κ3) is 2.35. The predicted molar refractivity (Wildman–Crippen MR) is 92.9 cm³/mol. The molecule has 2 atom stereocenters. The van der Waals surface area contributed by atoms with Crippen molar-refractivity contribution in [3.8, 4) is 5.75 Å². The number of benzene rings is 2. The van der Waals surface area contributed by atoms with Gasteiger partial charge in [0.25, 0.3) is 11.6 Å². The average Bonchev–Trinajstić information content (AvgIpc) is 2.92. The van der Waals surface area contributed by atoms with Gasteiger partial charge in [-0.15, -0.1) is 0 Å². The molecule has 0 fully saturated rings. The molecule has 2 aromatic rings. The fourth-order valence-electron chi connectivity index (χ4n) is 3.70. The molecule has 134 valence electrons. The maximum atomic E-state index is 12.9. The van der Waals surface area contributed by atoms with Crippen molar-refractivity contribution in [2.24, 2.45) is 0 Å². The topological polar surface area (TPSA) is 92.9 Å². The quantitative estimate of drug-likeness (QED) is 0.661. The summed E-state index contributed by atoms with van der Waals surface area (Å²) in [6.07, 6.45) is -0.977. The first-order valence-corrected chi connectivity index (χ1v) is 8.34. The second kappa shape index (κ2) is 5.54. The normalized spacial score (nSPS) is 23.2. The molecule has 2 aromatic carbocycles. The van der Waals surface area contributed by atoms with Gasteiger partial charge in [-0.25, -0.2) is 0 Å². The number of ether oxygens (including phenoxy) is 1. The minimum absolute atomic E-state index is 0.0919. The SMILES string of the molecule is CC1(C)Oc2cc([N+](=O)[O-])ccc2C(N2Cc3ccccc3C2=O)C1O. The fraction of sp³-hybridized carbons (Fsp3) is 0.316. The highest BCUT2D eigenvalue weighted by Crippen LogP contribution is 2.46. The van der Waals surface area contributed by atoms with Crippen molar-refractivity contribution >= 4 is 11.6 Å². The lowest BCUT2D eigenvalue weighted by atomic mass is 9.85. The number of rotatable bonds is 2. The van der Waals surface area contributed by atoms with E-state index in [1.807, 2.05) is 18.2 Å². The number of nitro benzene ring substituents is 1. The van der Waals surface area contributed by atoms with E-state index in [2.05, 4.69) is 0 Å². The highest BCUT2D eigenvalue weighted by atomic mass is 16.6. The zero-order valence-corrected chi connectivity index (χ0v) is 14.4. The number of hydrogen-bond acceptors (Lipinski definition) is 5. The molecule has 1 N–H and O–H groups in total. The van der Waals surface area contributed by atoms with Crippen molar-refractivity contribution in [2.75, 3.05) is 0 Å². The van der Waals surface area contributed by atoms with Crippen LogP contribution in [0.25, 0.3) is 0 Å². The summed E-state index contributed by atoms with van der Waals surface area (Å²) in [5.41, 5.74) is 1.00. The third-order valence-corrected chi connectivity index (χ3v) is 5.10. The average molecular weight is 354 g/mol. The minimum atomic E-state index is -0.998.